The highest BCUT2D eigenvalue weighted by atomic mass is 16.6. The smallest absolute Gasteiger partial charge is 0.409 e. The number of ether oxygens (including phenoxy) is 2. The molecule has 0 spiro atoms. The lowest BCUT2D eigenvalue weighted by Crippen LogP contribution is -2.50. The Labute approximate surface area is 184 Å². The molecule has 6 nitrogen and oxygen atoms in total. The van der Waals surface area contributed by atoms with Gasteiger partial charge < -0.3 is 19.3 Å². The molecule has 166 valence electrons. The summed E-state index contributed by atoms with van der Waals surface area (Å²) in [5, 5.41) is 0. The van der Waals surface area contributed by atoms with Crippen LogP contribution in [0.1, 0.15) is 48.5 Å². The van der Waals surface area contributed by atoms with Gasteiger partial charge in [-0.2, -0.15) is 0 Å². The fourth-order valence-electron chi connectivity index (χ4n) is 5.82. The van der Waals surface area contributed by atoms with Gasteiger partial charge in [-0.3, -0.25) is 4.79 Å². The SMILES string of the molecule is CCOC(=O)N1CCC(N(C[C@@H]2C[C@@H]3C=C[C@H]2C3)C(=O)c2ccc3c(c2)CCO3)CC1. The third kappa shape index (κ3) is 4.04. The van der Waals surface area contributed by atoms with Crippen molar-refractivity contribution in [3.05, 3.63) is 41.5 Å². The van der Waals surface area contributed by atoms with Gasteiger partial charge in [0, 0.05) is 37.7 Å². The number of benzene rings is 1. The second-order valence-corrected chi connectivity index (χ2v) is 9.34. The van der Waals surface area contributed by atoms with Gasteiger partial charge in [0.05, 0.1) is 13.2 Å². The molecule has 0 aromatic heterocycles. The maximum atomic E-state index is 13.7. The molecule has 6 heteroatoms. The van der Waals surface area contributed by atoms with Gasteiger partial charge in [-0.05, 0) is 74.1 Å². The van der Waals surface area contributed by atoms with Crippen molar-refractivity contribution < 1.29 is 19.1 Å². The number of likely N-dealkylation sites (tertiary alicyclic amines) is 1. The summed E-state index contributed by atoms with van der Waals surface area (Å²) in [6.45, 7) is 5.01. The van der Waals surface area contributed by atoms with Crippen molar-refractivity contribution >= 4 is 12.0 Å². The number of amides is 2. The molecular formula is C25H32N2O4. The highest BCUT2D eigenvalue weighted by molar-refractivity contribution is 5.95. The number of carbonyl (C=O) groups excluding carboxylic acids is 2. The Hall–Kier alpha value is -2.50. The van der Waals surface area contributed by atoms with Crippen LogP contribution >= 0.6 is 0 Å². The van der Waals surface area contributed by atoms with E-state index in [0.29, 0.717) is 44.1 Å². The first-order chi connectivity index (χ1) is 15.1. The molecule has 2 amide bonds. The van der Waals surface area contributed by atoms with E-state index in [9.17, 15) is 9.59 Å². The van der Waals surface area contributed by atoms with Crippen LogP contribution in [-0.4, -0.2) is 60.7 Å². The largest absolute Gasteiger partial charge is 0.493 e. The predicted octanol–water partition coefficient (Wildman–Crippen LogP) is 3.90. The minimum Gasteiger partial charge on any atom is -0.493 e. The van der Waals surface area contributed by atoms with Gasteiger partial charge in [0.25, 0.3) is 5.91 Å². The Morgan fingerprint density at radius 1 is 1.19 bits per heavy atom. The number of carbonyl (C=O) groups is 2. The van der Waals surface area contributed by atoms with Gasteiger partial charge in [-0.15, -0.1) is 0 Å². The molecular weight excluding hydrogens is 392 g/mol. The molecule has 2 heterocycles. The van der Waals surface area contributed by atoms with E-state index in [1.165, 1.54) is 12.8 Å². The van der Waals surface area contributed by atoms with E-state index in [1.54, 1.807) is 4.90 Å². The van der Waals surface area contributed by atoms with E-state index in [0.717, 1.165) is 42.7 Å². The summed E-state index contributed by atoms with van der Waals surface area (Å²) in [6.07, 6.45) is 9.37. The summed E-state index contributed by atoms with van der Waals surface area (Å²) in [5.74, 6) is 2.86. The molecule has 3 atom stereocenters. The zero-order valence-corrected chi connectivity index (χ0v) is 18.3. The maximum absolute atomic E-state index is 13.7. The van der Waals surface area contributed by atoms with Crippen LogP contribution in [-0.2, 0) is 11.2 Å². The van der Waals surface area contributed by atoms with Gasteiger partial charge in [0.2, 0.25) is 0 Å². The third-order valence-corrected chi connectivity index (χ3v) is 7.48. The molecule has 1 aromatic carbocycles. The number of rotatable bonds is 5. The first-order valence-electron chi connectivity index (χ1n) is 11.8. The molecule has 1 saturated carbocycles. The van der Waals surface area contributed by atoms with Gasteiger partial charge in [0.1, 0.15) is 5.75 Å². The van der Waals surface area contributed by atoms with Crippen LogP contribution in [0, 0.1) is 17.8 Å². The third-order valence-electron chi connectivity index (χ3n) is 7.48. The Kier molecular flexibility index (Phi) is 5.63. The van der Waals surface area contributed by atoms with Crippen LogP contribution in [0.2, 0.25) is 0 Å². The molecule has 2 fully saturated rings. The molecule has 2 aliphatic carbocycles. The quantitative estimate of drug-likeness (QED) is 0.673. The van der Waals surface area contributed by atoms with Crippen LogP contribution < -0.4 is 4.74 Å². The van der Waals surface area contributed by atoms with Crippen molar-refractivity contribution in [2.75, 3.05) is 32.8 Å². The summed E-state index contributed by atoms with van der Waals surface area (Å²) in [7, 11) is 0. The van der Waals surface area contributed by atoms with Crippen molar-refractivity contribution in [1.29, 1.82) is 0 Å². The van der Waals surface area contributed by atoms with E-state index in [-0.39, 0.29) is 18.0 Å². The van der Waals surface area contributed by atoms with Crippen LogP contribution in [0.4, 0.5) is 4.79 Å². The van der Waals surface area contributed by atoms with Crippen LogP contribution in [0.15, 0.2) is 30.4 Å². The molecule has 2 bridgehead atoms. The minimum absolute atomic E-state index is 0.121. The molecule has 5 rings (SSSR count). The fraction of sp³-hybridized carbons (Fsp3) is 0.600. The molecule has 0 unspecified atom stereocenters. The summed E-state index contributed by atoms with van der Waals surface area (Å²) in [5.41, 5.74) is 1.89. The van der Waals surface area contributed by atoms with E-state index in [4.69, 9.17) is 9.47 Å². The zero-order valence-electron chi connectivity index (χ0n) is 18.3. The molecule has 1 aromatic rings. The number of piperidine rings is 1. The second kappa shape index (κ2) is 8.56. The van der Waals surface area contributed by atoms with Gasteiger partial charge in [-0.1, -0.05) is 12.2 Å². The Balaban J connectivity index is 1.33. The minimum atomic E-state index is -0.240. The molecule has 2 aliphatic heterocycles. The van der Waals surface area contributed by atoms with E-state index in [1.807, 2.05) is 25.1 Å². The molecule has 4 aliphatic rings. The normalized spacial score (nSPS) is 26.6. The molecule has 1 saturated heterocycles. The number of nitrogens with zero attached hydrogens (tertiary/aromatic N) is 2. The highest BCUT2D eigenvalue weighted by Gasteiger charge is 2.39. The van der Waals surface area contributed by atoms with Crippen molar-refractivity contribution in [2.24, 2.45) is 17.8 Å². The average Bonchev–Trinajstić information content (AvgIpc) is 3.54. The second-order valence-electron chi connectivity index (χ2n) is 9.34. The summed E-state index contributed by atoms with van der Waals surface area (Å²) >= 11 is 0. The topological polar surface area (TPSA) is 59.1 Å². The van der Waals surface area contributed by atoms with Crippen molar-refractivity contribution in [3.63, 3.8) is 0 Å². The standard InChI is InChI=1S/C25H32N2O4/c1-2-30-25(29)26-10-7-22(8-11-26)27(16-21-14-17-3-4-18(21)13-17)24(28)20-5-6-23-19(15-20)9-12-31-23/h3-6,15,17-18,21-22H,2,7-14,16H2,1H3/t17-,18+,21+/m1/s1. The summed E-state index contributed by atoms with van der Waals surface area (Å²) < 4.78 is 10.8. The van der Waals surface area contributed by atoms with E-state index < -0.39 is 0 Å². The van der Waals surface area contributed by atoms with Gasteiger partial charge >= 0.3 is 6.09 Å². The highest BCUT2D eigenvalue weighted by Crippen LogP contribution is 2.44. The van der Waals surface area contributed by atoms with Gasteiger partial charge in [0.15, 0.2) is 0 Å². The first-order valence-corrected chi connectivity index (χ1v) is 11.8. The fourth-order valence-corrected chi connectivity index (χ4v) is 5.82. The summed E-state index contributed by atoms with van der Waals surface area (Å²) in [6, 6.07) is 6.03. The Morgan fingerprint density at radius 3 is 2.74 bits per heavy atom. The van der Waals surface area contributed by atoms with E-state index in [2.05, 4.69) is 17.1 Å². The molecule has 0 N–H and O–H groups in total. The first kappa shape index (κ1) is 20.4. The Bertz CT molecular complexity index is 874. The number of hydrogen-bond acceptors (Lipinski definition) is 4. The maximum Gasteiger partial charge on any atom is 0.409 e. The Morgan fingerprint density at radius 2 is 2.03 bits per heavy atom. The van der Waals surface area contributed by atoms with Crippen molar-refractivity contribution in [2.45, 2.75) is 45.1 Å². The number of allylic oxidation sites excluding steroid dienone is 2. The predicted molar refractivity (Wildman–Crippen MR) is 117 cm³/mol. The zero-order chi connectivity index (χ0) is 21.4. The van der Waals surface area contributed by atoms with E-state index >= 15 is 0 Å². The van der Waals surface area contributed by atoms with Crippen molar-refractivity contribution in [1.82, 2.24) is 9.80 Å². The monoisotopic (exact) mass is 424 g/mol. The number of hydrogen-bond donors (Lipinski definition) is 0. The van der Waals surface area contributed by atoms with Crippen LogP contribution in [0.25, 0.3) is 0 Å². The number of fused-ring (bicyclic) bond motifs is 3. The lowest BCUT2D eigenvalue weighted by atomic mass is 9.91. The molecule has 31 heavy (non-hydrogen) atoms. The van der Waals surface area contributed by atoms with Crippen molar-refractivity contribution in [3.8, 4) is 5.75 Å². The lowest BCUT2D eigenvalue weighted by molar-refractivity contribution is 0.0482. The van der Waals surface area contributed by atoms with Crippen LogP contribution in [0.5, 0.6) is 5.75 Å². The average molecular weight is 425 g/mol. The summed E-state index contributed by atoms with van der Waals surface area (Å²) in [4.78, 5) is 29.7. The molecule has 0 radical (unpaired) electrons. The van der Waals surface area contributed by atoms with Crippen LogP contribution in [0.3, 0.4) is 0 Å². The van der Waals surface area contributed by atoms with Gasteiger partial charge in [-0.25, -0.2) is 4.79 Å². The lowest BCUT2D eigenvalue weighted by Gasteiger charge is -2.40.